The van der Waals surface area contributed by atoms with Crippen molar-refractivity contribution in [3.8, 4) is 0 Å². The first-order chi connectivity index (χ1) is 6.67. The number of rotatable bonds is 1. The predicted octanol–water partition coefficient (Wildman–Crippen LogP) is 2.53. The third kappa shape index (κ3) is 4.03. The standard InChI is InChI=1S/C8H10N2O.C3H8/c1-3-4-7-6(2)9-5-10-8(7)11;1-3-2/h3-5H,1-2H3,(H,9,10,11);3H2,1-2H3/b4-3-;. The first-order valence-corrected chi connectivity index (χ1v) is 4.84. The summed E-state index contributed by atoms with van der Waals surface area (Å²) in [6, 6.07) is 0. The number of aromatic amines is 1. The van der Waals surface area contributed by atoms with Crippen LogP contribution in [0.25, 0.3) is 6.08 Å². The lowest BCUT2D eigenvalue weighted by atomic mass is 10.2. The highest BCUT2D eigenvalue weighted by Gasteiger charge is 1.97. The molecule has 0 spiro atoms. The van der Waals surface area contributed by atoms with Crippen molar-refractivity contribution in [2.24, 2.45) is 0 Å². The number of H-pyrrole nitrogens is 1. The van der Waals surface area contributed by atoms with Crippen molar-refractivity contribution in [2.75, 3.05) is 0 Å². The molecule has 1 aromatic heterocycles. The zero-order valence-electron chi connectivity index (χ0n) is 9.29. The van der Waals surface area contributed by atoms with Gasteiger partial charge in [-0.3, -0.25) is 4.79 Å². The summed E-state index contributed by atoms with van der Waals surface area (Å²) >= 11 is 0. The molecule has 0 saturated carbocycles. The van der Waals surface area contributed by atoms with E-state index in [1.54, 1.807) is 6.08 Å². The molecule has 0 bridgehead atoms. The fourth-order valence-electron chi connectivity index (χ4n) is 0.862. The molecule has 0 aliphatic carbocycles. The van der Waals surface area contributed by atoms with Gasteiger partial charge in [-0.25, -0.2) is 4.98 Å². The lowest BCUT2D eigenvalue weighted by Gasteiger charge is -1.94. The molecule has 0 aromatic carbocycles. The van der Waals surface area contributed by atoms with Crippen LogP contribution in [0.5, 0.6) is 0 Å². The SMILES string of the molecule is C/C=C\c1c(C)nc[nH]c1=O.CCC. The minimum Gasteiger partial charge on any atom is -0.313 e. The Bertz CT molecular complexity index is 339. The van der Waals surface area contributed by atoms with Gasteiger partial charge in [0.05, 0.1) is 17.6 Å². The number of hydrogen-bond acceptors (Lipinski definition) is 2. The number of aromatic nitrogens is 2. The Morgan fingerprint density at radius 1 is 1.50 bits per heavy atom. The molecule has 1 rings (SSSR count). The van der Waals surface area contributed by atoms with E-state index in [4.69, 9.17) is 0 Å². The Balaban J connectivity index is 0.000000500. The summed E-state index contributed by atoms with van der Waals surface area (Å²) in [6.45, 7) is 7.93. The van der Waals surface area contributed by atoms with Crippen molar-refractivity contribution in [2.45, 2.75) is 34.1 Å². The van der Waals surface area contributed by atoms with Crippen LogP contribution in [-0.2, 0) is 0 Å². The number of nitrogens with one attached hydrogen (secondary N) is 1. The molecule has 0 unspecified atom stereocenters. The molecule has 1 heterocycles. The normalized spacial score (nSPS) is 9.71. The Morgan fingerprint density at radius 3 is 2.50 bits per heavy atom. The second-order valence-corrected chi connectivity index (χ2v) is 2.94. The van der Waals surface area contributed by atoms with E-state index < -0.39 is 0 Å². The van der Waals surface area contributed by atoms with Gasteiger partial charge in [0.1, 0.15) is 0 Å². The van der Waals surface area contributed by atoms with Crippen LogP contribution >= 0.6 is 0 Å². The topological polar surface area (TPSA) is 45.8 Å². The van der Waals surface area contributed by atoms with Gasteiger partial charge in [0.25, 0.3) is 5.56 Å². The van der Waals surface area contributed by atoms with Crippen LogP contribution in [0, 0.1) is 6.92 Å². The Morgan fingerprint density at radius 2 is 2.07 bits per heavy atom. The molecule has 3 nitrogen and oxygen atoms in total. The Labute approximate surface area is 84.9 Å². The van der Waals surface area contributed by atoms with Crippen LogP contribution in [0.4, 0.5) is 0 Å². The molecule has 14 heavy (non-hydrogen) atoms. The van der Waals surface area contributed by atoms with Gasteiger partial charge in [-0.2, -0.15) is 0 Å². The fraction of sp³-hybridized carbons (Fsp3) is 0.455. The molecule has 1 aromatic rings. The van der Waals surface area contributed by atoms with E-state index in [9.17, 15) is 4.79 Å². The summed E-state index contributed by atoms with van der Waals surface area (Å²) in [5, 5.41) is 0. The van der Waals surface area contributed by atoms with Crippen LogP contribution in [0.15, 0.2) is 17.2 Å². The molecule has 0 saturated heterocycles. The second kappa shape index (κ2) is 7.06. The molecule has 0 aliphatic heterocycles. The highest BCUT2D eigenvalue weighted by molar-refractivity contribution is 5.49. The van der Waals surface area contributed by atoms with E-state index in [2.05, 4.69) is 23.8 Å². The Hall–Kier alpha value is -1.38. The zero-order chi connectivity index (χ0) is 11.0. The first-order valence-electron chi connectivity index (χ1n) is 4.84. The molecule has 0 atom stereocenters. The fourth-order valence-corrected chi connectivity index (χ4v) is 0.862. The van der Waals surface area contributed by atoms with Gasteiger partial charge in [0, 0.05) is 0 Å². The molecular formula is C11H18N2O. The summed E-state index contributed by atoms with van der Waals surface area (Å²) < 4.78 is 0. The van der Waals surface area contributed by atoms with Crippen LogP contribution in [-0.4, -0.2) is 9.97 Å². The number of aryl methyl sites for hydroxylation is 1. The van der Waals surface area contributed by atoms with Crippen molar-refractivity contribution in [3.05, 3.63) is 34.0 Å². The average molecular weight is 194 g/mol. The van der Waals surface area contributed by atoms with Crippen molar-refractivity contribution in [3.63, 3.8) is 0 Å². The van der Waals surface area contributed by atoms with Crippen LogP contribution < -0.4 is 5.56 Å². The lowest BCUT2D eigenvalue weighted by molar-refractivity contribution is 1.05. The monoisotopic (exact) mass is 194 g/mol. The van der Waals surface area contributed by atoms with E-state index >= 15 is 0 Å². The lowest BCUT2D eigenvalue weighted by Crippen LogP contribution is -2.11. The third-order valence-corrected chi connectivity index (χ3v) is 1.42. The number of allylic oxidation sites excluding steroid dienone is 1. The van der Waals surface area contributed by atoms with E-state index in [1.807, 2.05) is 19.9 Å². The van der Waals surface area contributed by atoms with E-state index in [-0.39, 0.29) is 5.56 Å². The van der Waals surface area contributed by atoms with E-state index in [0.717, 1.165) is 5.69 Å². The zero-order valence-corrected chi connectivity index (χ0v) is 9.29. The van der Waals surface area contributed by atoms with Crippen molar-refractivity contribution in [1.82, 2.24) is 9.97 Å². The summed E-state index contributed by atoms with van der Waals surface area (Å²) in [7, 11) is 0. The number of hydrogen-bond donors (Lipinski definition) is 1. The molecule has 0 aliphatic rings. The van der Waals surface area contributed by atoms with Gasteiger partial charge >= 0.3 is 0 Å². The van der Waals surface area contributed by atoms with Gasteiger partial charge in [-0.15, -0.1) is 0 Å². The molecule has 78 valence electrons. The largest absolute Gasteiger partial charge is 0.313 e. The van der Waals surface area contributed by atoms with E-state index in [1.165, 1.54) is 12.7 Å². The third-order valence-electron chi connectivity index (χ3n) is 1.42. The second-order valence-electron chi connectivity index (χ2n) is 2.94. The molecule has 1 N–H and O–H groups in total. The van der Waals surface area contributed by atoms with E-state index in [0.29, 0.717) is 5.56 Å². The summed E-state index contributed by atoms with van der Waals surface area (Å²) in [5.41, 5.74) is 1.30. The number of nitrogens with zero attached hydrogens (tertiary/aromatic N) is 1. The van der Waals surface area contributed by atoms with Gasteiger partial charge in [0.2, 0.25) is 0 Å². The minimum atomic E-state index is -0.0874. The van der Waals surface area contributed by atoms with Crippen LogP contribution in [0.3, 0.4) is 0 Å². The van der Waals surface area contributed by atoms with Crippen molar-refractivity contribution < 1.29 is 0 Å². The molecule has 0 fully saturated rings. The maximum absolute atomic E-state index is 11.1. The Kier molecular flexibility index (Phi) is 6.37. The first kappa shape index (κ1) is 12.6. The maximum atomic E-state index is 11.1. The summed E-state index contributed by atoms with van der Waals surface area (Å²) in [5.74, 6) is 0. The summed E-state index contributed by atoms with van der Waals surface area (Å²) in [6.07, 6.45) is 6.23. The smallest absolute Gasteiger partial charge is 0.258 e. The van der Waals surface area contributed by atoms with Gasteiger partial charge in [-0.05, 0) is 13.8 Å². The minimum absolute atomic E-state index is 0.0874. The molecular weight excluding hydrogens is 176 g/mol. The van der Waals surface area contributed by atoms with Crippen molar-refractivity contribution >= 4 is 6.08 Å². The highest BCUT2D eigenvalue weighted by atomic mass is 16.1. The van der Waals surface area contributed by atoms with Gasteiger partial charge in [-0.1, -0.05) is 32.4 Å². The van der Waals surface area contributed by atoms with Gasteiger partial charge in [0.15, 0.2) is 0 Å². The quantitative estimate of drug-likeness (QED) is 0.746. The molecule has 3 heteroatoms. The maximum Gasteiger partial charge on any atom is 0.258 e. The predicted molar refractivity (Wildman–Crippen MR) is 60.3 cm³/mol. The van der Waals surface area contributed by atoms with Crippen LogP contribution in [0.1, 0.15) is 38.4 Å². The van der Waals surface area contributed by atoms with Gasteiger partial charge < -0.3 is 4.98 Å². The summed E-state index contributed by atoms with van der Waals surface area (Å²) in [4.78, 5) is 17.5. The van der Waals surface area contributed by atoms with Crippen molar-refractivity contribution in [1.29, 1.82) is 0 Å². The van der Waals surface area contributed by atoms with Crippen LogP contribution in [0.2, 0.25) is 0 Å². The molecule has 0 amide bonds. The molecule has 0 radical (unpaired) electrons. The highest BCUT2D eigenvalue weighted by Crippen LogP contribution is 1.97. The average Bonchev–Trinajstić information content (AvgIpc) is 2.13.